The van der Waals surface area contributed by atoms with E-state index in [0.717, 1.165) is 33.4 Å². The van der Waals surface area contributed by atoms with Crippen molar-refractivity contribution in [2.75, 3.05) is 20.2 Å². The Bertz CT molecular complexity index is 1260. The van der Waals surface area contributed by atoms with E-state index in [1.165, 1.54) is 13.2 Å². The first kappa shape index (κ1) is 25.6. The van der Waals surface area contributed by atoms with Crippen molar-refractivity contribution in [1.82, 2.24) is 0 Å². The molecule has 0 unspecified atom stereocenters. The fourth-order valence-electron chi connectivity index (χ4n) is 4.09. The second-order valence-corrected chi connectivity index (χ2v) is 8.10. The summed E-state index contributed by atoms with van der Waals surface area (Å²) in [6.07, 6.45) is 9.38. The van der Waals surface area contributed by atoms with Gasteiger partial charge < -0.3 is 31.5 Å². The van der Waals surface area contributed by atoms with Gasteiger partial charge >= 0.3 is 0 Å². The maximum absolute atomic E-state index is 11.5. The highest BCUT2D eigenvalue weighted by molar-refractivity contribution is 5.85. The number of aldehydes is 1. The predicted octanol–water partition coefficient (Wildman–Crippen LogP) is 2.53. The third kappa shape index (κ3) is 6.09. The van der Waals surface area contributed by atoms with E-state index in [1.807, 2.05) is 36.4 Å². The van der Waals surface area contributed by atoms with Crippen LogP contribution in [0, 0.1) is 0 Å². The largest absolute Gasteiger partial charge is 0.508 e. The lowest BCUT2D eigenvalue weighted by Crippen LogP contribution is -2.51. The van der Waals surface area contributed by atoms with Crippen molar-refractivity contribution < 1.29 is 36.3 Å². The molecule has 3 aromatic carbocycles. The Morgan fingerprint density at radius 1 is 0.771 bits per heavy atom. The van der Waals surface area contributed by atoms with Gasteiger partial charge in [-0.2, -0.15) is 0 Å². The Morgan fingerprint density at radius 3 is 1.86 bits per heavy atom. The summed E-state index contributed by atoms with van der Waals surface area (Å²) < 4.78 is 5.38. The van der Waals surface area contributed by atoms with Gasteiger partial charge in [0.1, 0.15) is 11.5 Å². The van der Waals surface area contributed by atoms with Crippen LogP contribution in [0.4, 0.5) is 0 Å². The molecule has 0 aliphatic rings. The molecule has 0 bridgehead atoms. The van der Waals surface area contributed by atoms with E-state index >= 15 is 0 Å². The third-order valence-corrected chi connectivity index (χ3v) is 5.69. The molecule has 0 radical (unpaired) electrons. The SMILES string of the molecule is COc1c(O)ccc(/C=C/c2cc(O)cc(/C=C/c3ccc(O)c(C=O)c3CC[NH3+])c2)c1CC[NH3+]. The summed E-state index contributed by atoms with van der Waals surface area (Å²) in [5.74, 6) is 0.597. The van der Waals surface area contributed by atoms with Gasteiger partial charge in [-0.3, -0.25) is 4.79 Å². The minimum Gasteiger partial charge on any atom is -0.508 e. The molecule has 0 aliphatic heterocycles. The highest BCUT2D eigenvalue weighted by Gasteiger charge is 2.13. The number of phenols is 3. The highest BCUT2D eigenvalue weighted by Crippen LogP contribution is 2.34. The molecular weight excluding hydrogens is 444 g/mol. The molecule has 7 nitrogen and oxygen atoms in total. The van der Waals surface area contributed by atoms with Crippen LogP contribution in [-0.2, 0) is 12.8 Å². The van der Waals surface area contributed by atoms with Crippen molar-refractivity contribution in [2.24, 2.45) is 0 Å². The number of carbonyl (C=O) groups is 1. The van der Waals surface area contributed by atoms with Gasteiger partial charge in [0.15, 0.2) is 17.8 Å². The van der Waals surface area contributed by atoms with Crippen molar-refractivity contribution in [3.8, 4) is 23.0 Å². The molecule has 0 atom stereocenters. The zero-order valence-electron chi connectivity index (χ0n) is 19.8. The normalized spacial score (nSPS) is 11.4. The van der Waals surface area contributed by atoms with E-state index < -0.39 is 0 Å². The lowest BCUT2D eigenvalue weighted by atomic mass is 9.96. The van der Waals surface area contributed by atoms with Crippen molar-refractivity contribution in [3.63, 3.8) is 0 Å². The molecule has 0 spiro atoms. The zero-order valence-corrected chi connectivity index (χ0v) is 19.8. The van der Waals surface area contributed by atoms with Crippen molar-refractivity contribution in [2.45, 2.75) is 12.8 Å². The van der Waals surface area contributed by atoms with E-state index in [2.05, 4.69) is 11.5 Å². The molecular formula is C28H32N2O5+2. The predicted molar refractivity (Wildman–Crippen MR) is 137 cm³/mol. The molecule has 3 rings (SSSR count). The van der Waals surface area contributed by atoms with Gasteiger partial charge in [-0.05, 0) is 58.1 Å². The number of rotatable bonds is 10. The van der Waals surface area contributed by atoms with Crippen LogP contribution in [-0.4, -0.2) is 41.8 Å². The van der Waals surface area contributed by atoms with E-state index in [0.29, 0.717) is 38.0 Å². The van der Waals surface area contributed by atoms with Crippen molar-refractivity contribution >= 4 is 30.6 Å². The first-order chi connectivity index (χ1) is 16.9. The van der Waals surface area contributed by atoms with Gasteiger partial charge in [0.25, 0.3) is 0 Å². The zero-order chi connectivity index (χ0) is 25.4. The molecule has 0 saturated carbocycles. The van der Waals surface area contributed by atoms with Crippen LogP contribution in [0.3, 0.4) is 0 Å². The van der Waals surface area contributed by atoms with E-state index in [1.54, 1.807) is 24.3 Å². The van der Waals surface area contributed by atoms with Crippen LogP contribution in [0.25, 0.3) is 24.3 Å². The van der Waals surface area contributed by atoms with Crippen LogP contribution in [0.15, 0.2) is 42.5 Å². The summed E-state index contributed by atoms with van der Waals surface area (Å²) in [6.45, 7) is 1.24. The molecule has 0 fully saturated rings. The minimum atomic E-state index is -0.0468. The topological polar surface area (TPSA) is 142 Å². The maximum atomic E-state index is 11.5. The summed E-state index contributed by atoms with van der Waals surface area (Å²) in [5, 5.41) is 30.4. The fraction of sp³-hybridized carbons (Fsp3) is 0.179. The first-order valence-electron chi connectivity index (χ1n) is 11.4. The number of aromatic hydroxyl groups is 3. The van der Waals surface area contributed by atoms with Gasteiger partial charge in [0.2, 0.25) is 0 Å². The average Bonchev–Trinajstić information content (AvgIpc) is 2.83. The molecule has 0 aliphatic carbocycles. The molecule has 182 valence electrons. The number of benzene rings is 3. The Labute approximate surface area is 204 Å². The van der Waals surface area contributed by atoms with Crippen molar-refractivity contribution in [3.05, 3.63) is 81.4 Å². The second kappa shape index (κ2) is 11.9. The Morgan fingerprint density at radius 2 is 1.31 bits per heavy atom. The summed E-state index contributed by atoms with van der Waals surface area (Å²) in [7, 11) is 1.53. The minimum absolute atomic E-state index is 0.0468. The molecule has 0 heterocycles. The molecule has 0 amide bonds. The first-order valence-corrected chi connectivity index (χ1v) is 11.4. The fourth-order valence-corrected chi connectivity index (χ4v) is 4.09. The number of phenolic OH excluding ortho intramolecular Hbond substituents is 3. The summed E-state index contributed by atoms with van der Waals surface area (Å²) in [4.78, 5) is 11.5. The quantitative estimate of drug-likeness (QED) is 0.226. The number of hydrogen-bond acceptors (Lipinski definition) is 5. The maximum Gasteiger partial charge on any atom is 0.164 e. The molecule has 3 aromatic rings. The van der Waals surface area contributed by atoms with Gasteiger partial charge in [-0.15, -0.1) is 0 Å². The lowest BCUT2D eigenvalue weighted by Gasteiger charge is -2.12. The standard InChI is InChI=1S/C28H30N2O5/c1-35-28-24(11-13-30)21(7-9-27(28)34)5-3-19-14-18(15-22(32)16-19)2-4-20-6-8-26(33)25(17-31)23(20)10-12-29/h2-9,14-17,32-34H,10-13,29-30H2,1H3/p+2/b4-2+,5-3+. The van der Waals surface area contributed by atoms with Gasteiger partial charge in [0, 0.05) is 18.4 Å². The van der Waals surface area contributed by atoms with E-state index in [-0.39, 0.29) is 22.8 Å². The number of ether oxygens (including phenoxy) is 1. The Balaban J connectivity index is 1.95. The average molecular weight is 477 g/mol. The van der Waals surface area contributed by atoms with E-state index in [4.69, 9.17) is 4.74 Å². The Kier molecular flexibility index (Phi) is 8.67. The van der Waals surface area contributed by atoms with Crippen LogP contribution < -0.4 is 16.2 Å². The number of methoxy groups -OCH3 is 1. The van der Waals surface area contributed by atoms with Crippen LogP contribution in [0.5, 0.6) is 23.0 Å². The van der Waals surface area contributed by atoms with Crippen molar-refractivity contribution in [1.29, 1.82) is 0 Å². The third-order valence-electron chi connectivity index (χ3n) is 5.69. The molecule has 0 aromatic heterocycles. The summed E-state index contributed by atoms with van der Waals surface area (Å²) >= 11 is 0. The molecule has 35 heavy (non-hydrogen) atoms. The summed E-state index contributed by atoms with van der Waals surface area (Å²) in [5.41, 5.74) is 12.9. The number of hydrogen-bond donors (Lipinski definition) is 5. The van der Waals surface area contributed by atoms with Crippen LogP contribution in [0.2, 0.25) is 0 Å². The molecule has 7 heteroatoms. The second-order valence-electron chi connectivity index (χ2n) is 8.10. The smallest absolute Gasteiger partial charge is 0.164 e. The molecule has 0 saturated heterocycles. The lowest BCUT2D eigenvalue weighted by molar-refractivity contribution is -0.367. The number of quaternary nitrogens is 2. The molecule has 9 N–H and O–H groups in total. The van der Waals surface area contributed by atoms with E-state index in [9.17, 15) is 20.1 Å². The number of carbonyl (C=O) groups excluding carboxylic acids is 1. The van der Waals surface area contributed by atoms with Gasteiger partial charge in [-0.1, -0.05) is 36.4 Å². The Hall–Kier alpha value is -4.07. The van der Waals surface area contributed by atoms with Crippen LogP contribution >= 0.6 is 0 Å². The van der Waals surface area contributed by atoms with Gasteiger partial charge in [-0.25, -0.2) is 0 Å². The highest BCUT2D eigenvalue weighted by atomic mass is 16.5. The summed E-state index contributed by atoms with van der Waals surface area (Å²) in [6, 6.07) is 11.9. The van der Waals surface area contributed by atoms with Crippen LogP contribution in [0.1, 0.15) is 43.7 Å². The van der Waals surface area contributed by atoms with Gasteiger partial charge in [0.05, 0.1) is 25.8 Å². The monoisotopic (exact) mass is 476 g/mol.